The molecule has 2 rings (SSSR count). The summed E-state index contributed by atoms with van der Waals surface area (Å²) in [4.78, 5) is 0. The van der Waals surface area contributed by atoms with Gasteiger partial charge in [0.15, 0.2) is 0 Å². The first-order valence-corrected chi connectivity index (χ1v) is 7.32. The van der Waals surface area contributed by atoms with Gasteiger partial charge in [-0.15, -0.1) is 0 Å². The summed E-state index contributed by atoms with van der Waals surface area (Å²) in [6.45, 7) is 4.47. The van der Waals surface area contributed by atoms with Gasteiger partial charge in [0.25, 0.3) is 0 Å². The molecule has 0 aliphatic heterocycles. The average molecular weight is 287 g/mol. The van der Waals surface area contributed by atoms with E-state index in [0.717, 1.165) is 24.8 Å². The van der Waals surface area contributed by atoms with Gasteiger partial charge in [0, 0.05) is 16.5 Å². The Labute approximate surface area is 119 Å². The molecule has 1 aliphatic carbocycles. The average Bonchev–Trinajstić information content (AvgIpc) is 2.30. The molecule has 1 saturated carbocycles. The highest BCUT2D eigenvalue weighted by Crippen LogP contribution is 2.40. The van der Waals surface area contributed by atoms with Crippen molar-refractivity contribution in [3.63, 3.8) is 0 Å². The van der Waals surface area contributed by atoms with Crippen LogP contribution in [0.1, 0.15) is 38.7 Å². The van der Waals surface area contributed by atoms with Crippen LogP contribution in [0.4, 0.5) is 0 Å². The molecule has 1 nitrogen and oxygen atoms in total. The molecule has 1 N–H and O–H groups in total. The Morgan fingerprint density at radius 2 is 1.83 bits per heavy atom. The number of hydrogen-bond donors (Lipinski definition) is 1. The van der Waals surface area contributed by atoms with E-state index in [1.807, 2.05) is 18.2 Å². The van der Waals surface area contributed by atoms with E-state index in [-0.39, 0.29) is 0 Å². The van der Waals surface area contributed by atoms with Crippen LogP contribution in [0.5, 0.6) is 0 Å². The Balaban J connectivity index is 2.18. The number of rotatable bonds is 2. The number of aliphatic hydroxyl groups is 1. The molecule has 1 aliphatic rings. The topological polar surface area (TPSA) is 20.2 Å². The molecule has 1 aromatic rings. The minimum atomic E-state index is -0.652. The molecule has 0 saturated heterocycles. The molecule has 0 bridgehead atoms. The summed E-state index contributed by atoms with van der Waals surface area (Å²) in [7, 11) is 0. The van der Waals surface area contributed by atoms with Gasteiger partial charge < -0.3 is 5.11 Å². The molecule has 0 heterocycles. The fourth-order valence-corrected chi connectivity index (χ4v) is 3.41. The van der Waals surface area contributed by atoms with Gasteiger partial charge in [-0.2, -0.15) is 0 Å². The van der Waals surface area contributed by atoms with Crippen molar-refractivity contribution in [3.8, 4) is 0 Å². The standard InChI is InChI=1S/C15H20Cl2O/c1-10-6-7-15(18,8-11(10)2)9-12-13(16)4-3-5-14(12)17/h3-5,10-11,18H,6-9H2,1-2H3. The Morgan fingerprint density at radius 3 is 2.39 bits per heavy atom. The summed E-state index contributed by atoms with van der Waals surface area (Å²) < 4.78 is 0. The van der Waals surface area contributed by atoms with E-state index in [9.17, 15) is 5.11 Å². The summed E-state index contributed by atoms with van der Waals surface area (Å²) >= 11 is 12.4. The minimum absolute atomic E-state index is 0.546. The largest absolute Gasteiger partial charge is 0.390 e. The van der Waals surface area contributed by atoms with E-state index >= 15 is 0 Å². The van der Waals surface area contributed by atoms with Crippen molar-refractivity contribution >= 4 is 23.2 Å². The Morgan fingerprint density at radius 1 is 1.22 bits per heavy atom. The van der Waals surface area contributed by atoms with Crippen molar-refractivity contribution in [2.75, 3.05) is 0 Å². The molecule has 1 fully saturated rings. The maximum Gasteiger partial charge on any atom is 0.0691 e. The zero-order valence-electron chi connectivity index (χ0n) is 10.9. The predicted octanol–water partition coefficient (Wildman–Crippen LogP) is 4.72. The van der Waals surface area contributed by atoms with E-state index in [1.54, 1.807) is 0 Å². The summed E-state index contributed by atoms with van der Waals surface area (Å²) in [5.74, 6) is 1.23. The molecule has 100 valence electrons. The molecule has 0 amide bonds. The maximum atomic E-state index is 10.7. The van der Waals surface area contributed by atoms with Gasteiger partial charge in [0.05, 0.1) is 5.60 Å². The Bertz CT molecular complexity index is 412. The van der Waals surface area contributed by atoms with Crippen molar-refractivity contribution in [1.29, 1.82) is 0 Å². The first kappa shape index (κ1) is 14.2. The van der Waals surface area contributed by atoms with E-state index in [0.29, 0.717) is 28.3 Å². The molecule has 0 aromatic heterocycles. The third-order valence-electron chi connectivity index (χ3n) is 4.31. The fraction of sp³-hybridized carbons (Fsp3) is 0.600. The smallest absolute Gasteiger partial charge is 0.0691 e. The summed E-state index contributed by atoms with van der Waals surface area (Å²) in [5.41, 5.74) is 0.227. The molecule has 3 heteroatoms. The van der Waals surface area contributed by atoms with Crippen molar-refractivity contribution in [1.82, 2.24) is 0 Å². The Kier molecular flexibility index (Phi) is 4.25. The normalized spacial score (nSPS) is 32.5. The van der Waals surface area contributed by atoms with E-state index in [2.05, 4.69) is 13.8 Å². The predicted molar refractivity (Wildman–Crippen MR) is 77.3 cm³/mol. The van der Waals surface area contributed by atoms with Gasteiger partial charge in [-0.3, -0.25) is 0 Å². The molecular formula is C15H20Cl2O. The van der Waals surface area contributed by atoms with Crippen LogP contribution in [0.3, 0.4) is 0 Å². The second-order valence-electron chi connectivity index (χ2n) is 5.80. The third kappa shape index (κ3) is 3.01. The van der Waals surface area contributed by atoms with Crippen LogP contribution in [0, 0.1) is 11.8 Å². The van der Waals surface area contributed by atoms with Crippen molar-refractivity contribution in [2.45, 2.75) is 45.1 Å². The zero-order chi connectivity index (χ0) is 13.3. The maximum absolute atomic E-state index is 10.7. The lowest BCUT2D eigenvalue weighted by atomic mass is 9.71. The lowest BCUT2D eigenvalue weighted by Crippen LogP contribution is -2.39. The molecule has 3 atom stereocenters. The van der Waals surface area contributed by atoms with Crippen molar-refractivity contribution in [2.24, 2.45) is 11.8 Å². The fourth-order valence-electron chi connectivity index (χ4n) is 2.87. The highest BCUT2D eigenvalue weighted by atomic mass is 35.5. The lowest BCUT2D eigenvalue weighted by molar-refractivity contribution is -0.0279. The van der Waals surface area contributed by atoms with Crippen LogP contribution in [0.25, 0.3) is 0 Å². The molecule has 0 radical (unpaired) electrons. The monoisotopic (exact) mass is 286 g/mol. The van der Waals surface area contributed by atoms with Gasteiger partial charge >= 0.3 is 0 Å². The second kappa shape index (κ2) is 5.40. The van der Waals surface area contributed by atoms with Gasteiger partial charge in [-0.25, -0.2) is 0 Å². The summed E-state index contributed by atoms with van der Waals surface area (Å²) in [5, 5.41) is 12.1. The quantitative estimate of drug-likeness (QED) is 0.834. The molecule has 1 aromatic carbocycles. The summed E-state index contributed by atoms with van der Waals surface area (Å²) in [6, 6.07) is 5.51. The lowest BCUT2D eigenvalue weighted by Gasteiger charge is -2.39. The first-order valence-electron chi connectivity index (χ1n) is 6.56. The number of hydrogen-bond acceptors (Lipinski definition) is 1. The van der Waals surface area contributed by atoms with E-state index in [1.165, 1.54) is 0 Å². The van der Waals surface area contributed by atoms with Crippen molar-refractivity contribution < 1.29 is 5.11 Å². The molecule has 18 heavy (non-hydrogen) atoms. The summed E-state index contributed by atoms with van der Waals surface area (Å²) in [6.07, 6.45) is 3.29. The van der Waals surface area contributed by atoms with Crippen LogP contribution in [-0.2, 0) is 6.42 Å². The second-order valence-corrected chi connectivity index (χ2v) is 6.61. The van der Waals surface area contributed by atoms with Gasteiger partial charge in [0.1, 0.15) is 0 Å². The highest BCUT2D eigenvalue weighted by molar-refractivity contribution is 6.36. The molecular weight excluding hydrogens is 267 g/mol. The van der Waals surface area contributed by atoms with Crippen LogP contribution >= 0.6 is 23.2 Å². The van der Waals surface area contributed by atoms with Crippen LogP contribution in [0.2, 0.25) is 10.0 Å². The van der Waals surface area contributed by atoms with E-state index < -0.39 is 5.60 Å². The van der Waals surface area contributed by atoms with Crippen molar-refractivity contribution in [3.05, 3.63) is 33.8 Å². The minimum Gasteiger partial charge on any atom is -0.390 e. The zero-order valence-corrected chi connectivity index (χ0v) is 12.4. The van der Waals surface area contributed by atoms with Gasteiger partial charge in [-0.05, 0) is 48.8 Å². The van der Waals surface area contributed by atoms with Crippen LogP contribution in [-0.4, -0.2) is 10.7 Å². The first-order chi connectivity index (χ1) is 8.41. The van der Waals surface area contributed by atoms with Gasteiger partial charge in [-0.1, -0.05) is 43.1 Å². The molecule has 3 unspecified atom stereocenters. The highest BCUT2D eigenvalue weighted by Gasteiger charge is 2.36. The number of halogens is 2. The van der Waals surface area contributed by atoms with Gasteiger partial charge in [0.2, 0.25) is 0 Å². The Hall–Kier alpha value is -0.240. The third-order valence-corrected chi connectivity index (χ3v) is 5.01. The van der Waals surface area contributed by atoms with Crippen LogP contribution in [0.15, 0.2) is 18.2 Å². The number of benzene rings is 1. The van der Waals surface area contributed by atoms with Crippen LogP contribution < -0.4 is 0 Å². The SMILES string of the molecule is CC1CCC(O)(Cc2c(Cl)cccc2Cl)CC1C. The molecule has 0 spiro atoms. The van der Waals surface area contributed by atoms with E-state index in [4.69, 9.17) is 23.2 Å².